The van der Waals surface area contributed by atoms with Gasteiger partial charge in [0.15, 0.2) is 0 Å². The summed E-state index contributed by atoms with van der Waals surface area (Å²) in [6.07, 6.45) is 0. The Balaban J connectivity index is 1.96. The second-order valence-electron chi connectivity index (χ2n) is 6.59. The predicted octanol–water partition coefficient (Wildman–Crippen LogP) is 3.01. The molecule has 2 aromatic carbocycles. The first-order chi connectivity index (χ1) is 12.0. The summed E-state index contributed by atoms with van der Waals surface area (Å²) in [5, 5.41) is 15.2. The van der Waals surface area contributed by atoms with Crippen molar-refractivity contribution >= 4 is 6.03 Å². The third kappa shape index (κ3) is 5.22. The van der Waals surface area contributed by atoms with Crippen molar-refractivity contribution in [2.45, 2.75) is 25.3 Å². The lowest BCUT2D eigenvalue weighted by Gasteiger charge is -2.27. The number of nitrogens with one attached hydrogen (secondary N) is 2. The molecule has 134 valence electrons. The second kappa shape index (κ2) is 8.53. The van der Waals surface area contributed by atoms with Gasteiger partial charge >= 0.3 is 6.03 Å². The Morgan fingerprint density at radius 3 is 2.52 bits per heavy atom. The van der Waals surface area contributed by atoms with Crippen molar-refractivity contribution in [3.05, 3.63) is 65.7 Å². The van der Waals surface area contributed by atoms with Gasteiger partial charge in [0.2, 0.25) is 0 Å². The molecule has 2 aromatic rings. The number of aliphatic hydroxyl groups excluding tert-OH is 1. The zero-order valence-corrected chi connectivity index (χ0v) is 15.0. The van der Waals surface area contributed by atoms with Gasteiger partial charge < -0.3 is 20.5 Å². The average molecular weight is 342 g/mol. The van der Waals surface area contributed by atoms with Gasteiger partial charge in [-0.05, 0) is 23.3 Å². The molecule has 2 rings (SSSR count). The van der Waals surface area contributed by atoms with Crippen molar-refractivity contribution in [2.24, 2.45) is 0 Å². The first kappa shape index (κ1) is 18.8. The number of carbonyl (C=O) groups excluding carboxylic acids is 1. The maximum absolute atomic E-state index is 12.2. The zero-order chi connectivity index (χ0) is 18.3. The SMILES string of the molecule is COc1cccc(C(C)(C)CNC(=O)NC(CO)c2ccccc2)c1. The van der Waals surface area contributed by atoms with Crippen molar-refractivity contribution in [1.29, 1.82) is 0 Å². The summed E-state index contributed by atoms with van der Waals surface area (Å²) in [4.78, 5) is 12.2. The van der Waals surface area contributed by atoms with E-state index in [1.54, 1.807) is 7.11 Å². The summed E-state index contributed by atoms with van der Waals surface area (Å²) in [6.45, 7) is 4.42. The van der Waals surface area contributed by atoms with Gasteiger partial charge in [0.25, 0.3) is 0 Å². The number of hydrogen-bond acceptors (Lipinski definition) is 3. The molecule has 0 saturated heterocycles. The highest BCUT2D eigenvalue weighted by atomic mass is 16.5. The number of ether oxygens (including phenoxy) is 1. The lowest BCUT2D eigenvalue weighted by Crippen LogP contribution is -2.44. The quantitative estimate of drug-likeness (QED) is 0.724. The number of hydrogen-bond donors (Lipinski definition) is 3. The van der Waals surface area contributed by atoms with E-state index in [1.807, 2.05) is 54.6 Å². The van der Waals surface area contributed by atoms with Gasteiger partial charge in [-0.1, -0.05) is 56.3 Å². The molecule has 0 radical (unpaired) electrons. The molecular formula is C20H26N2O3. The Labute approximate surface area is 149 Å². The zero-order valence-electron chi connectivity index (χ0n) is 15.0. The van der Waals surface area contributed by atoms with Crippen molar-refractivity contribution < 1.29 is 14.6 Å². The summed E-state index contributed by atoms with van der Waals surface area (Å²) >= 11 is 0. The molecule has 0 bridgehead atoms. The third-order valence-corrected chi connectivity index (χ3v) is 4.23. The van der Waals surface area contributed by atoms with Crippen LogP contribution in [0.15, 0.2) is 54.6 Å². The average Bonchev–Trinajstić information content (AvgIpc) is 2.65. The van der Waals surface area contributed by atoms with Crippen LogP contribution in [-0.4, -0.2) is 31.4 Å². The summed E-state index contributed by atoms with van der Waals surface area (Å²) < 4.78 is 5.26. The second-order valence-corrected chi connectivity index (χ2v) is 6.59. The van der Waals surface area contributed by atoms with Gasteiger partial charge in [-0.2, -0.15) is 0 Å². The molecule has 3 N–H and O–H groups in total. The van der Waals surface area contributed by atoms with Crippen LogP contribution in [0.25, 0.3) is 0 Å². The minimum absolute atomic E-state index is 0.156. The maximum Gasteiger partial charge on any atom is 0.315 e. The molecule has 0 spiro atoms. The molecular weight excluding hydrogens is 316 g/mol. The van der Waals surface area contributed by atoms with E-state index < -0.39 is 6.04 Å². The molecule has 0 heterocycles. The molecule has 0 aliphatic heterocycles. The number of amides is 2. The number of rotatable bonds is 7. The molecule has 0 aliphatic rings. The summed E-state index contributed by atoms with van der Waals surface area (Å²) in [5.41, 5.74) is 1.69. The van der Waals surface area contributed by atoms with E-state index in [0.29, 0.717) is 6.54 Å². The van der Waals surface area contributed by atoms with Crippen LogP contribution in [0.5, 0.6) is 5.75 Å². The Morgan fingerprint density at radius 2 is 1.88 bits per heavy atom. The Bertz CT molecular complexity index is 686. The van der Waals surface area contributed by atoms with E-state index in [4.69, 9.17) is 4.74 Å². The van der Waals surface area contributed by atoms with E-state index in [1.165, 1.54) is 0 Å². The van der Waals surface area contributed by atoms with E-state index in [-0.39, 0.29) is 18.1 Å². The van der Waals surface area contributed by atoms with E-state index in [9.17, 15) is 9.90 Å². The van der Waals surface area contributed by atoms with Crippen LogP contribution in [0.1, 0.15) is 31.0 Å². The molecule has 1 atom stereocenters. The Hall–Kier alpha value is -2.53. The highest BCUT2D eigenvalue weighted by Crippen LogP contribution is 2.25. The number of benzene rings is 2. The predicted molar refractivity (Wildman–Crippen MR) is 98.8 cm³/mol. The lowest BCUT2D eigenvalue weighted by molar-refractivity contribution is 0.215. The van der Waals surface area contributed by atoms with Gasteiger partial charge in [0.1, 0.15) is 5.75 Å². The minimum atomic E-state index is -0.430. The summed E-state index contributed by atoms with van der Waals surface area (Å²) in [5.74, 6) is 0.791. The third-order valence-electron chi connectivity index (χ3n) is 4.23. The van der Waals surface area contributed by atoms with Crippen LogP contribution in [0.4, 0.5) is 4.79 Å². The maximum atomic E-state index is 12.2. The van der Waals surface area contributed by atoms with E-state index in [2.05, 4.69) is 24.5 Å². The smallest absolute Gasteiger partial charge is 0.315 e. The van der Waals surface area contributed by atoms with Crippen molar-refractivity contribution in [3.63, 3.8) is 0 Å². The molecule has 0 aromatic heterocycles. The van der Waals surface area contributed by atoms with Crippen molar-refractivity contribution in [2.75, 3.05) is 20.3 Å². The van der Waals surface area contributed by atoms with E-state index in [0.717, 1.165) is 16.9 Å². The number of urea groups is 1. The van der Waals surface area contributed by atoms with Crippen LogP contribution in [0.2, 0.25) is 0 Å². The number of methoxy groups -OCH3 is 1. The molecule has 0 fully saturated rings. The monoisotopic (exact) mass is 342 g/mol. The minimum Gasteiger partial charge on any atom is -0.497 e. The molecule has 5 heteroatoms. The Morgan fingerprint density at radius 1 is 1.16 bits per heavy atom. The fraction of sp³-hybridized carbons (Fsp3) is 0.350. The van der Waals surface area contributed by atoms with E-state index >= 15 is 0 Å². The van der Waals surface area contributed by atoms with Gasteiger partial charge in [-0.3, -0.25) is 0 Å². The topological polar surface area (TPSA) is 70.6 Å². The molecule has 1 unspecified atom stereocenters. The fourth-order valence-electron chi connectivity index (χ4n) is 2.58. The van der Waals surface area contributed by atoms with Crippen LogP contribution in [0, 0.1) is 0 Å². The fourth-order valence-corrected chi connectivity index (χ4v) is 2.58. The van der Waals surface area contributed by atoms with Gasteiger partial charge in [0, 0.05) is 12.0 Å². The summed E-state index contributed by atoms with van der Waals surface area (Å²) in [7, 11) is 1.64. The van der Waals surface area contributed by atoms with Crippen molar-refractivity contribution in [1.82, 2.24) is 10.6 Å². The van der Waals surface area contributed by atoms with Gasteiger partial charge in [0.05, 0.1) is 19.8 Å². The molecule has 2 amide bonds. The van der Waals surface area contributed by atoms with Crippen molar-refractivity contribution in [3.8, 4) is 5.75 Å². The first-order valence-corrected chi connectivity index (χ1v) is 8.31. The van der Waals surface area contributed by atoms with Gasteiger partial charge in [-0.25, -0.2) is 4.79 Å². The largest absolute Gasteiger partial charge is 0.497 e. The number of aliphatic hydroxyl groups is 1. The highest BCUT2D eigenvalue weighted by Gasteiger charge is 2.22. The standard InChI is InChI=1S/C20H26N2O3/c1-20(2,16-10-7-11-17(12-16)25-3)14-21-19(24)22-18(13-23)15-8-5-4-6-9-15/h4-12,18,23H,13-14H2,1-3H3,(H2,21,22,24). The normalized spacial score (nSPS) is 12.3. The molecule has 5 nitrogen and oxygen atoms in total. The molecule has 0 aliphatic carbocycles. The molecule has 0 saturated carbocycles. The first-order valence-electron chi connectivity index (χ1n) is 8.31. The highest BCUT2D eigenvalue weighted by molar-refractivity contribution is 5.74. The Kier molecular flexibility index (Phi) is 6.42. The lowest BCUT2D eigenvalue weighted by atomic mass is 9.84. The van der Waals surface area contributed by atoms with Crippen LogP contribution in [0.3, 0.4) is 0 Å². The summed E-state index contributed by atoms with van der Waals surface area (Å²) in [6, 6.07) is 16.5. The van der Waals surface area contributed by atoms with Gasteiger partial charge in [-0.15, -0.1) is 0 Å². The number of carbonyl (C=O) groups is 1. The van der Waals surface area contributed by atoms with Crippen LogP contribution in [-0.2, 0) is 5.41 Å². The van der Waals surface area contributed by atoms with Crippen LogP contribution < -0.4 is 15.4 Å². The molecule has 25 heavy (non-hydrogen) atoms. The van der Waals surface area contributed by atoms with Crippen LogP contribution >= 0.6 is 0 Å².